The first-order chi connectivity index (χ1) is 32.6. The van der Waals surface area contributed by atoms with Crippen LogP contribution in [0.3, 0.4) is 0 Å². The Bertz CT molecular complexity index is 2900. The number of rotatable bonds is 11. The standard InChI is InChI=1S/C52H52N8O7/c1-59(46(61)51(34-11-6-4-7-12-34)28-41(51)56-48(63)65-2)50(23-24-50)45-55-37-22-26-67-40-27-33(20-21-36(40)43(37)58-45)31-16-18-32(19-17-31)38-30-53-44(54-38)39-15-10-25-60(39)47(62)52(35-13-8-5-9-14-35)29-42(52)57-49(64)66-3/h4-9,11-14,16-21,27,30,39,41-42H,10,15,22-26,28-29H2,1-3H3,(H,53,54)(H,55,58)(H,56,63)(H,57,64)/t39-,41?,42?,51?,52?/m0/s1. The van der Waals surface area contributed by atoms with Gasteiger partial charge in [-0.05, 0) is 78.5 Å². The lowest BCUT2D eigenvalue weighted by Crippen LogP contribution is -2.47. The highest BCUT2D eigenvalue weighted by atomic mass is 16.5. The van der Waals surface area contributed by atoms with Gasteiger partial charge in [0.15, 0.2) is 0 Å². The van der Waals surface area contributed by atoms with Gasteiger partial charge >= 0.3 is 12.2 Å². The molecule has 342 valence electrons. The monoisotopic (exact) mass is 900 g/mol. The molecule has 4 unspecified atom stereocenters. The normalized spacial score (nSPS) is 23.9. The minimum absolute atomic E-state index is 0.0128. The van der Waals surface area contributed by atoms with Crippen molar-refractivity contribution in [2.24, 2.45) is 0 Å². The first-order valence-electron chi connectivity index (χ1n) is 23.0. The topological polar surface area (TPSA) is 184 Å². The van der Waals surface area contributed by atoms with Gasteiger partial charge in [-0.25, -0.2) is 19.6 Å². The van der Waals surface area contributed by atoms with E-state index < -0.39 is 28.6 Å². The predicted octanol–water partition coefficient (Wildman–Crippen LogP) is 7.31. The highest BCUT2D eigenvalue weighted by molar-refractivity contribution is 5.95. The molecule has 4 fully saturated rings. The van der Waals surface area contributed by atoms with Crippen LogP contribution in [-0.2, 0) is 41.9 Å². The van der Waals surface area contributed by atoms with E-state index in [9.17, 15) is 19.2 Å². The van der Waals surface area contributed by atoms with Crippen LogP contribution in [0.15, 0.2) is 109 Å². The maximum atomic E-state index is 14.6. The van der Waals surface area contributed by atoms with Crippen LogP contribution in [-0.4, -0.2) is 100 Å². The third-order valence-corrected chi connectivity index (χ3v) is 14.9. The number of benzene rings is 4. The Morgan fingerprint density at radius 2 is 1.42 bits per heavy atom. The van der Waals surface area contributed by atoms with Gasteiger partial charge in [-0.1, -0.05) is 91.0 Å². The molecule has 4 amide bonds. The molecule has 0 bridgehead atoms. The van der Waals surface area contributed by atoms with Crippen molar-refractivity contribution in [2.45, 2.75) is 79.4 Å². The summed E-state index contributed by atoms with van der Waals surface area (Å²) in [4.78, 5) is 74.4. The number of hydrogen-bond acceptors (Lipinski definition) is 9. The summed E-state index contributed by atoms with van der Waals surface area (Å²) in [6, 6.07) is 32.9. The molecule has 5 aliphatic rings. The van der Waals surface area contributed by atoms with Crippen LogP contribution in [0.1, 0.15) is 73.0 Å². The molecule has 2 aromatic heterocycles. The molecule has 1 saturated heterocycles. The second-order valence-electron chi connectivity index (χ2n) is 18.5. The first kappa shape index (κ1) is 42.2. The van der Waals surface area contributed by atoms with Gasteiger partial charge in [0.25, 0.3) is 0 Å². The quantitative estimate of drug-likeness (QED) is 0.104. The van der Waals surface area contributed by atoms with E-state index in [1.807, 2.05) is 83.7 Å². The van der Waals surface area contributed by atoms with Crippen molar-refractivity contribution in [3.63, 3.8) is 0 Å². The number of ether oxygens (including phenoxy) is 3. The van der Waals surface area contributed by atoms with Gasteiger partial charge in [0, 0.05) is 31.3 Å². The zero-order valence-electron chi connectivity index (χ0n) is 37.6. The summed E-state index contributed by atoms with van der Waals surface area (Å²) in [6.45, 7) is 1.07. The Labute approximate surface area is 387 Å². The first-order valence-corrected chi connectivity index (χ1v) is 23.0. The number of aromatic amines is 2. The number of hydrogen-bond donors (Lipinski definition) is 4. The number of amides is 4. The molecule has 3 aliphatic carbocycles. The van der Waals surface area contributed by atoms with Gasteiger partial charge in [0.2, 0.25) is 11.8 Å². The van der Waals surface area contributed by atoms with Crippen molar-refractivity contribution in [1.82, 2.24) is 40.4 Å². The van der Waals surface area contributed by atoms with E-state index in [0.29, 0.717) is 32.4 Å². The molecule has 15 heteroatoms. The summed E-state index contributed by atoms with van der Waals surface area (Å²) in [6.07, 6.45) is 5.52. The van der Waals surface area contributed by atoms with Crippen LogP contribution >= 0.6 is 0 Å². The van der Waals surface area contributed by atoms with E-state index in [2.05, 4.69) is 63.1 Å². The lowest BCUT2D eigenvalue weighted by atomic mass is 9.92. The summed E-state index contributed by atoms with van der Waals surface area (Å²) in [7, 11) is 4.51. The Morgan fingerprint density at radius 3 is 2.09 bits per heavy atom. The predicted molar refractivity (Wildman–Crippen MR) is 248 cm³/mol. The molecule has 3 saturated carbocycles. The molecule has 4 heterocycles. The van der Waals surface area contributed by atoms with Crippen molar-refractivity contribution in [1.29, 1.82) is 0 Å². The second-order valence-corrected chi connectivity index (χ2v) is 18.5. The zero-order chi connectivity index (χ0) is 46.1. The lowest BCUT2D eigenvalue weighted by molar-refractivity contribution is -0.136. The number of aromatic nitrogens is 4. The van der Waals surface area contributed by atoms with Gasteiger partial charge < -0.3 is 44.6 Å². The molecule has 0 spiro atoms. The number of methoxy groups -OCH3 is 2. The van der Waals surface area contributed by atoms with Gasteiger partial charge in [-0.3, -0.25) is 9.59 Å². The van der Waals surface area contributed by atoms with Crippen LogP contribution in [0.25, 0.3) is 33.6 Å². The van der Waals surface area contributed by atoms with E-state index in [-0.39, 0.29) is 29.9 Å². The fourth-order valence-electron chi connectivity index (χ4n) is 10.8. The van der Waals surface area contributed by atoms with Crippen LogP contribution in [0.5, 0.6) is 5.75 Å². The third kappa shape index (κ3) is 7.01. The molecule has 15 nitrogen and oxygen atoms in total. The molecule has 5 atom stereocenters. The maximum absolute atomic E-state index is 14.6. The minimum Gasteiger partial charge on any atom is -0.492 e. The van der Waals surface area contributed by atoms with Crippen molar-refractivity contribution in [3.05, 3.63) is 138 Å². The molecule has 67 heavy (non-hydrogen) atoms. The van der Waals surface area contributed by atoms with E-state index >= 15 is 0 Å². The number of nitrogens with zero attached hydrogens (tertiary/aromatic N) is 4. The van der Waals surface area contributed by atoms with Crippen molar-refractivity contribution < 1.29 is 33.4 Å². The summed E-state index contributed by atoms with van der Waals surface area (Å²) in [5.41, 5.74) is 5.94. The Balaban J connectivity index is 0.800. The Morgan fingerprint density at radius 1 is 0.791 bits per heavy atom. The summed E-state index contributed by atoms with van der Waals surface area (Å²) >= 11 is 0. The van der Waals surface area contributed by atoms with Crippen LogP contribution in [0.2, 0.25) is 0 Å². The van der Waals surface area contributed by atoms with Gasteiger partial charge in [-0.2, -0.15) is 0 Å². The molecule has 11 rings (SSSR count). The number of alkyl carbamates (subject to hydrolysis) is 2. The number of likely N-dealkylation sites (tertiary alicyclic amines) is 1. The lowest BCUT2D eigenvalue weighted by Gasteiger charge is -2.31. The van der Waals surface area contributed by atoms with Gasteiger partial charge in [0.05, 0.1) is 67.4 Å². The molecule has 2 aliphatic heterocycles. The molecular weight excluding hydrogens is 849 g/mol. The minimum atomic E-state index is -0.889. The maximum Gasteiger partial charge on any atom is 0.407 e. The van der Waals surface area contributed by atoms with Gasteiger partial charge in [-0.15, -0.1) is 0 Å². The smallest absolute Gasteiger partial charge is 0.407 e. The van der Waals surface area contributed by atoms with Gasteiger partial charge in [0.1, 0.15) is 22.9 Å². The molecule has 6 aromatic rings. The highest BCUT2D eigenvalue weighted by Crippen LogP contribution is 2.57. The van der Waals surface area contributed by atoms with Crippen LogP contribution in [0.4, 0.5) is 9.59 Å². The average Bonchev–Trinajstić information content (AvgIpc) is 4.30. The number of nitrogens with one attached hydrogen (secondary N) is 4. The SMILES string of the molecule is COC(=O)NC1CC1(C(=O)N1CCC[C@H]1c1ncc(-c2ccc(-c3ccc4c(c3)OCCc3[nH]c(C5(N(C)C(=O)C6(c7ccccc7)CC6NC(=O)OC)CC5)nc3-4)cc2)[nH]1)c1ccccc1. The summed E-state index contributed by atoms with van der Waals surface area (Å²) in [5.74, 6) is 2.17. The number of carbonyl (C=O) groups excluding carboxylic acids is 4. The number of carbonyl (C=O) groups is 4. The summed E-state index contributed by atoms with van der Waals surface area (Å²) < 4.78 is 16.1. The van der Waals surface area contributed by atoms with Crippen LogP contribution in [0, 0.1) is 0 Å². The van der Waals surface area contributed by atoms with Crippen molar-refractivity contribution in [3.8, 4) is 39.4 Å². The van der Waals surface area contributed by atoms with E-state index in [1.165, 1.54) is 14.2 Å². The second kappa shape index (κ2) is 16.2. The molecule has 4 aromatic carbocycles. The number of fused-ring (bicyclic) bond motifs is 3. The number of imidazole rings is 2. The molecular formula is C52H52N8O7. The summed E-state index contributed by atoms with van der Waals surface area (Å²) in [5, 5.41) is 5.76. The molecule has 4 N–H and O–H groups in total. The van der Waals surface area contributed by atoms with E-state index in [0.717, 1.165) is 93.5 Å². The van der Waals surface area contributed by atoms with Crippen molar-refractivity contribution in [2.75, 3.05) is 34.4 Å². The van der Waals surface area contributed by atoms with Crippen molar-refractivity contribution >= 4 is 24.0 Å². The fraction of sp³-hybridized carbons (Fsp3) is 0.346. The van der Waals surface area contributed by atoms with E-state index in [4.69, 9.17) is 24.2 Å². The average molecular weight is 901 g/mol. The highest BCUT2D eigenvalue weighted by Gasteiger charge is 2.67. The largest absolute Gasteiger partial charge is 0.492 e. The number of H-pyrrole nitrogens is 2. The Kier molecular flexibility index (Phi) is 10.2. The molecule has 0 radical (unpaired) electrons. The fourth-order valence-corrected chi connectivity index (χ4v) is 10.8. The Hall–Kier alpha value is -7.42. The third-order valence-electron chi connectivity index (χ3n) is 14.9. The van der Waals surface area contributed by atoms with Crippen LogP contribution < -0.4 is 15.4 Å². The zero-order valence-corrected chi connectivity index (χ0v) is 37.6. The number of likely N-dealkylation sites (N-methyl/N-ethyl adjacent to an activating group) is 1. The van der Waals surface area contributed by atoms with E-state index in [1.54, 1.807) is 0 Å².